The highest BCUT2D eigenvalue weighted by Crippen LogP contribution is 2.04. The highest BCUT2D eigenvalue weighted by Gasteiger charge is 2.25. The Morgan fingerprint density at radius 3 is 2.45 bits per heavy atom. The summed E-state index contributed by atoms with van der Waals surface area (Å²) in [7, 11) is 0. The van der Waals surface area contributed by atoms with Gasteiger partial charge in [0.2, 0.25) is 11.8 Å². The maximum atomic E-state index is 11.6. The van der Waals surface area contributed by atoms with Gasteiger partial charge in [-0.2, -0.15) is 0 Å². The van der Waals surface area contributed by atoms with E-state index in [0.29, 0.717) is 6.42 Å². The predicted octanol–water partition coefficient (Wildman–Crippen LogP) is -2.10. The molecule has 2 unspecified atom stereocenters. The van der Waals surface area contributed by atoms with Crippen LogP contribution in [0.3, 0.4) is 0 Å². The van der Waals surface area contributed by atoms with Crippen molar-refractivity contribution in [1.29, 1.82) is 0 Å². The van der Waals surface area contributed by atoms with Gasteiger partial charge in [0.15, 0.2) is 0 Å². The third-order valence-corrected chi connectivity index (χ3v) is 2.81. The third kappa shape index (κ3) is 5.22. The summed E-state index contributed by atoms with van der Waals surface area (Å²) >= 11 is 0. The van der Waals surface area contributed by atoms with E-state index in [2.05, 4.69) is 10.6 Å². The molecule has 112 valence electrons. The second-order valence-corrected chi connectivity index (χ2v) is 4.42. The number of hydrogen-bond acceptors (Lipinski definition) is 5. The molecule has 0 saturated carbocycles. The van der Waals surface area contributed by atoms with Crippen LogP contribution < -0.4 is 16.0 Å². The second-order valence-electron chi connectivity index (χ2n) is 4.42. The lowest BCUT2D eigenvalue weighted by molar-refractivity contribution is -0.147. The number of aliphatic carboxylic acids is 2. The van der Waals surface area contributed by atoms with Crippen molar-refractivity contribution >= 4 is 23.8 Å². The number of amides is 2. The first-order valence-corrected chi connectivity index (χ1v) is 6.15. The van der Waals surface area contributed by atoms with Crippen molar-refractivity contribution in [3.05, 3.63) is 0 Å². The fourth-order valence-electron chi connectivity index (χ4n) is 1.82. The summed E-state index contributed by atoms with van der Waals surface area (Å²) < 4.78 is 0. The van der Waals surface area contributed by atoms with Crippen molar-refractivity contribution in [3.8, 4) is 0 Å². The predicted molar refractivity (Wildman–Crippen MR) is 65.9 cm³/mol. The smallest absolute Gasteiger partial charge is 0.326 e. The number of carbonyl (C=O) groups is 4. The molecule has 0 aromatic rings. The van der Waals surface area contributed by atoms with Crippen molar-refractivity contribution in [3.63, 3.8) is 0 Å². The summed E-state index contributed by atoms with van der Waals surface area (Å²) in [6.07, 6.45) is 0.841. The maximum absolute atomic E-state index is 11.6. The SMILES string of the molecule is O=C(O)CC(NC(=O)CNC(=O)C1CCCN1)C(=O)O. The molecule has 5 N–H and O–H groups in total. The van der Waals surface area contributed by atoms with E-state index in [9.17, 15) is 19.2 Å². The van der Waals surface area contributed by atoms with E-state index in [4.69, 9.17) is 10.2 Å². The Kier molecular flexibility index (Phi) is 5.91. The summed E-state index contributed by atoms with van der Waals surface area (Å²) in [5, 5.41) is 24.6. The Balaban J connectivity index is 2.35. The molecule has 9 heteroatoms. The Bertz CT molecular complexity index is 405. The molecule has 1 saturated heterocycles. The topological polar surface area (TPSA) is 145 Å². The molecular formula is C11H17N3O6. The van der Waals surface area contributed by atoms with Crippen molar-refractivity contribution < 1.29 is 29.4 Å². The van der Waals surface area contributed by atoms with Gasteiger partial charge in [-0.05, 0) is 19.4 Å². The van der Waals surface area contributed by atoms with Crippen LogP contribution >= 0.6 is 0 Å². The fraction of sp³-hybridized carbons (Fsp3) is 0.636. The van der Waals surface area contributed by atoms with Crippen molar-refractivity contribution in [2.75, 3.05) is 13.1 Å². The maximum Gasteiger partial charge on any atom is 0.326 e. The molecule has 1 fully saturated rings. The van der Waals surface area contributed by atoms with E-state index < -0.39 is 30.3 Å². The van der Waals surface area contributed by atoms with E-state index in [1.807, 2.05) is 5.32 Å². The zero-order valence-electron chi connectivity index (χ0n) is 10.7. The standard InChI is InChI=1S/C11H17N3O6/c15-8(14-7(11(19)20)4-9(16)17)5-13-10(18)6-2-1-3-12-6/h6-7,12H,1-5H2,(H,13,18)(H,14,15)(H,16,17)(H,19,20). The molecule has 1 aliphatic rings. The fourth-order valence-corrected chi connectivity index (χ4v) is 1.82. The molecule has 9 nitrogen and oxygen atoms in total. The summed E-state index contributed by atoms with van der Waals surface area (Å²) in [6.45, 7) is 0.352. The van der Waals surface area contributed by atoms with Crippen molar-refractivity contribution in [1.82, 2.24) is 16.0 Å². The van der Waals surface area contributed by atoms with Gasteiger partial charge in [-0.1, -0.05) is 0 Å². The molecule has 1 heterocycles. The lowest BCUT2D eigenvalue weighted by Gasteiger charge is -2.14. The molecule has 2 atom stereocenters. The van der Waals surface area contributed by atoms with Crippen LogP contribution in [-0.4, -0.2) is 59.1 Å². The van der Waals surface area contributed by atoms with Gasteiger partial charge in [-0.3, -0.25) is 14.4 Å². The second kappa shape index (κ2) is 7.43. The molecule has 2 amide bonds. The Labute approximate surface area is 114 Å². The molecule has 0 spiro atoms. The number of nitrogens with one attached hydrogen (secondary N) is 3. The Hall–Kier alpha value is -2.16. The van der Waals surface area contributed by atoms with Crippen molar-refractivity contribution in [2.24, 2.45) is 0 Å². The molecule has 0 aromatic carbocycles. The van der Waals surface area contributed by atoms with Gasteiger partial charge in [0.05, 0.1) is 19.0 Å². The molecule has 20 heavy (non-hydrogen) atoms. The molecule has 0 bridgehead atoms. The van der Waals surface area contributed by atoms with Gasteiger partial charge in [0, 0.05) is 0 Å². The van der Waals surface area contributed by atoms with Crippen LogP contribution in [0.25, 0.3) is 0 Å². The molecule has 0 aromatic heterocycles. The van der Waals surface area contributed by atoms with E-state index in [0.717, 1.165) is 13.0 Å². The minimum atomic E-state index is -1.51. The van der Waals surface area contributed by atoms with Gasteiger partial charge >= 0.3 is 11.9 Å². The molecule has 1 rings (SSSR count). The quantitative estimate of drug-likeness (QED) is 0.360. The van der Waals surface area contributed by atoms with Gasteiger partial charge in [-0.15, -0.1) is 0 Å². The minimum Gasteiger partial charge on any atom is -0.481 e. The first kappa shape index (κ1) is 15.9. The van der Waals surface area contributed by atoms with Crippen LogP contribution in [0.4, 0.5) is 0 Å². The van der Waals surface area contributed by atoms with Gasteiger partial charge < -0.3 is 26.2 Å². The van der Waals surface area contributed by atoms with E-state index >= 15 is 0 Å². The van der Waals surface area contributed by atoms with Crippen molar-refractivity contribution in [2.45, 2.75) is 31.3 Å². The molecule has 1 aliphatic heterocycles. The number of carbonyl (C=O) groups excluding carboxylic acids is 2. The largest absolute Gasteiger partial charge is 0.481 e. The summed E-state index contributed by atoms with van der Waals surface area (Å²) in [5.74, 6) is -3.85. The van der Waals surface area contributed by atoms with Crippen LogP contribution in [-0.2, 0) is 19.2 Å². The summed E-state index contributed by atoms with van der Waals surface area (Å²) in [4.78, 5) is 44.2. The van der Waals surface area contributed by atoms with E-state index in [1.54, 1.807) is 0 Å². The Morgan fingerprint density at radius 2 is 1.95 bits per heavy atom. The summed E-state index contributed by atoms with van der Waals surface area (Å²) in [6, 6.07) is -1.85. The molecular weight excluding hydrogens is 270 g/mol. The highest BCUT2D eigenvalue weighted by atomic mass is 16.4. The first-order chi connectivity index (χ1) is 9.40. The van der Waals surface area contributed by atoms with Crippen LogP contribution in [0.1, 0.15) is 19.3 Å². The average Bonchev–Trinajstić information content (AvgIpc) is 2.88. The lowest BCUT2D eigenvalue weighted by atomic mass is 10.2. The Morgan fingerprint density at radius 1 is 1.25 bits per heavy atom. The summed E-state index contributed by atoms with van der Waals surface area (Å²) in [5.41, 5.74) is 0. The van der Waals surface area contributed by atoms with Gasteiger partial charge in [-0.25, -0.2) is 4.79 Å². The van der Waals surface area contributed by atoms with Crippen LogP contribution in [0.15, 0.2) is 0 Å². The zero-order valence-corrected chi connectivity index (χ0v) is 10.7. The monoisotopic (exact) mass is 287 g/mol. The number of carboxylic acids is 2. The van der Waals surface area contributed by atoms with Crippen LogP contribution in [0.2, 0.25) is 0 Å². The zero-order chi connectivity index (χ0) is 15.1. The number of carboxylic acid groups (broad SMARTS) is 2. The number of hydrogen-bond donors (Lipinski definition) is 5. The molecule has 0 aliphatic carbocycles. The van der Waals surface area contributed by atoms with Crippen LogP contribution in [0, 0.1) is 0 Å². The van der Waals surface area contributed by atoms with Crippen LogP contribution in [0.5, 0.6) is 0 Å². The van der Waals surface area contributed by atoms with E-state index in [1.165, 1.54) is 0 Å². The van der Waals surface area contributed by atoms with Gasteiger partial charge in [0.1, 0.15) is 6.04 Å². The molecule has 0 radical (unpaired) electrons. The third-order valence-electron chi connectivity index (χ3n) is 2.81. The normalized spacial score (nSPS) is 19.1. The highest BCUT2D eigenvalue weighted by molar-refractivity contribution is 5.90. The average molecular weight is 287 g/mol. The number of rotatable bonds is 7. The van der Waals surface area contributed by atoms with Gasteiger partial charge in [0.25, 0.3) is 0 Å². The lowest BCUT2D eigenvalue weighted by Crippen LogP contribution is -2.48. The minimum absolute atomic E-state index is 0.331. The first-order valence-electron chi connectivity index (χ1n) is 6.15. The van der Waals surface area contributed by atoms with E-state index in [-0.39, 0.29) is 18.5 Å².